The second kappa shape index (κ2) is 7.64. The van der Waals surface area contributed by atoms with E-state index in [1.54, 1.807) is 28.0 Å². The highest BCUT2D eigenvalue weighted by atomic mass is 16.2. The van der Waals surface area contributed by atoms with E-state index in [1.165, 1.54) is 0 Å². The predicted molar refractivity (Wildman–Crippen MR) is 104 cm³/mol. The first-order valence-corrected chi connectivity index (χ1v) is 9.32. The summed E-state index contributed by atoms with van der Waals surface area (Å²) in [5, 5.41) is 16.6. The largest absolute Gasteiger partial charge is 0.364 e. The molecule has 1 N–H and O–H groups in total. The molecule has 1 aliphatic heterocycles. The van der Waals surface area contributed by atoms with E-state index in [2.05, 4.69) is 22.3 Å². The number of carbonyl (C=O) groups is 1. The molecule has 4 rings (SSSR count). The summed E-state index contributed by atoms with van der Waals surface area (Å²) < 4.78 is 1.80. The lowest BCUT2D eigenvalue weighted by Crippen LogP contribution is -2.49. The van der Waals surface area contributed by atoms with Crippen molar-refractivity contribution in [1.82, 2.24) is 24.5 Å². The maximum Gasteiger partial charge on any atom is 0.236 e. The van der Waals surface area contributed by atoms with E-state index in [9.17, 15) is 4.79 Å². The maximum absolute atomic E-state index is 12.1. The molecule has 8 nitrogen and oxygen atoms in total. The van der Waals surface area contributed by atoms with Crippen LogP contribution in [0.25, 0.3) is 16.8 Å². The summed E-state index contributed by atoms with van der Waals surface area (Å²) in [6, 6.07) is 7.88. The fourth-order valence-corrected chi connectivity index (χ4v) is 3.55. The molecule has 0 spiro atoms. The van der Waals surface area contributed by atoms with Gasteiger partial charge in [0.25, 0.3) is 0 Å². The molecule has 1 amide bonds. The zero-order valence-corrected chi connectivity index (χ0v) is 15.6. The molecule has 142 valence electrons. The van der Waals surface area contributed by atoms with Crippen molar-refractivity contribution in [3.8, 4) is 17.3 Å². The molecule has 0 radical (unpaired) electrons. The minimum Gasteiger partial charge on any atom is -0.364 e. The number of nitrogens with one attached hydrogen (secondary N) is 1. The highest BCUT2D eigenvalue weighted by Gasteiger charge is 2.29. The molecular formula is C20H21N7O. The van der Waals surface area contributed by atoms with Crippen LogP contribution in [-0.4, -0.2) is 49.5 Å². The molecule has 3 aromatic heterocycles. The van der Waals surface area contributed by atoms with Crippen LogP contribution in [0, 0.1) is 17.2 Å². The SMILES string of the molecule is CC1CCN(C(=O)CC#N)CC1Nc1cncc(-c2cnn3ccccc23)n1. The topological polar surface area (TPSA) is 99.2 Å². The van der Waals surface area contributed by atoms with Crippen LogP contribution >= 0.6 is 0 Å². The molecular weight excluding hydrogens is 354 g/mol. The maximum atomic E-state index is 12.1. The van der Waals surface area contributed by atoms with Gasteiger partial charge in [-0.2, -0.15) is 10.4 Å². The quantitative estimate of drug-likeness (QED) is 0.751. The Morgan fingerprint density at radius 1 is 1.36 bits per heavy atom. The van der Waals surface area contributed by atoms with Crippen molar-refractivity contribution in [3.63, 3.8) is 0 Å². The number of aromatic nitrogens is 4. The van der Waals surface area contributed by atoms with Crippen LogP contribution < -0.4 is 5.32 Å². The minimum absolute atomic E-state index is 0.0600. The monoisotopic (exact) mass is 375 g/mol. The van der Waals surface area contributed by atoms with Gasteiger partial charge in [0.05, 0.1) is 35.9 Å². The van der Waals surface area contributed by atoms with Crippen LogP contribution in [0.4, 0.5) is 5.82 Å². The van der Waals surface area contributed by atoms with E-state index in [-0.39, 0.29) is 18.4 Å². The fraction of sp³-hybridized carbons (Fsp3) is 0.350. The molecule has 1 aliphatic rings. The third-order valence-corrected chi connectivity index (χ3v) is 5.21. The summed E-state index contributed by atoms with van der Waals surface area (Å²) in [7, 11) is 0. The Hall–Kier alpha value is -3.47. The lowest BCUT2D eigenvalue weighted by Gasteiger charge is -2.37. The Labute approximate surface area is 162 Å². The number of nitriles is 1. The Morgan fingerprint density at radius 3 is 3.11 bits per heavy atom. The number of piperidine rings is 1. The minimum atomic E-state index is -0.118. The Morgan fingerprint density at radius 2 is 2.25 bits per heavy atom. The molecule has 0 aliphatic carbocycles. The van der Waals surface area contributed by atoms with Crippen molar-refractivity contribution in [3.05, 3.63) is 43.0 Å². The number of fused-ring (bicyclic) bond motifs is 1. The number of carbonyl (C=O) groups excluding carboxylic acids is 1. The van der Waals surface area contributed by atoms with Gasteiger partial charge in [-0.15, -0.1) is 0 Å². The molecule has 2 atom stereocenters. The van der Waals surface area contributed by atoms with Gasteiger partial charge in [0.15, 0.2) is 0 Å². The smallest absolute Gasteiger partial charge is 0.236 e. The van der Waals surface area contributed by atoms with Gasteiger partial charge in [0, 0.05) is 30.9 Å². The number of amides is 1. The van der Waals surface area contributed by atoms with Crippen molar-refractivity contribution in [1.29, 1.82) is 5.26 Å². The molecule has 8 heteroatoms. The van der Waals surface area contributed by atoms with Crippen molar-refractivity contribution >= 4 is 17.2 Å². The number of nitrogens with zero attached hydrogens (tertiary/aromatic N) is 6. The van der Waals surface area contributed by atoms with Crippen molar-refractivity contribution in [2.75, 3.05) is 18.4 Å². The zero-order valence-electron chi connectivity index (χ0n) is 15.6. The summed E-state index contributed by atoms with van der Waals surface area (Å²) in [5.41, 5.74) is 2.62. The van der Waals surface area contributed by atoms with E-state index in [1.807, 2.05) is 30.5 Å². The standard InChI is InChI=1S/C20H21N7O/c1-14-6-9-26(20(28)5-7-21)13-17(14)25-19-12-22-11-16(24-19)15-10-23-27-8-3-2-4-18(15)27/h2-4,8,10-12,14,17H,5-6,9,13H2,1H3,(H,24,25). The predicted octanol–water partition coefficient (Wildman–Crippen LogP) is 2.35. The van der Waals surface area contributed by atoms with Crippen LogP contribution in [-0.2, 0) is 4.79 Å². The first-order valence-electron chi connectivity index (χ1n) is 9.32. The van der Waals surface area contributed by atoms with Crippen molar-refractivity contribution in [2.24, 2.45) is 5.92 Å². The van der Waals surface area contributed by atoms with E-state index in [0.717, 1.165) is 23.2 Å². The highest BCUT2D eigenvalue weighted by molar-refractivity contribution is 5.79. The molecule has 4 heterocycles. The second-order valence-electron chi connectivity index (χ2n) is 7.07. The first-order chi connectivity index (χ1) is 13.7. The van der Waals surface area contributed by atoms with Gasteiger partial charge in [0.2, 0.25) is 5.91 Å². The number of rotatable bonds is 4. The highest BCUT2D eigenvalue weighted by Crippen LogP contribution is 2.25. The van der Waals surface area contributed by atoms with Gasteiger partial charge < -0.3 is 10.2 Å². The average molecular weight is 375 g/mol. The van der Waals surface area contributed by atoms with Crippen LogP contribution in [0.15, 0.2) is 43.0 Å². The Kier molecular flexibility index (Phi) is 4.89. The fourth-order valence-electron chi connectivity index (χ4n) is 3.55. The summed E-state index contributed by atoms with van der Waals surface area (Å²) >= 11 is 0. The van der Waals surface area contributed by atoms with Gasteiger partial charge in [-0.05, 0) is 24.5 Å². The summed E-state index contributed by atoms with van der Waals surface area (Å²) in [4.78, 5) is 22.9. The number of likely N-dealkylation sites (tertiary alicyclic amines) is 1. The van der Waals surface area contributed by atoms with Crippen molar-refractivity contribution < 1.29 is 4.79 Å². The molecule has 0 aromatic carbocycles. The molecule has 0 bridgehead atoms. The molecule has 2 unspecified atom stereocenters. The van der Waals surface area contributed by atoms with Crippen LogP contribution in [0.2, 0.25) is 0 Å². The molecule has 0 saturated carbocycles. The number of hydrogen-bond acceptors (Lipinski definition) is 6. The molecule has 1 fully saturated rings. The van der Waals surface area contributed by atoms with Crippen LogP contribution in [0.3, 0.4) is 0 Å². The Balaban J connectivity index is 1.55. The van der Waals surface area contributed by atoms with E-state index >= 15 is 0 Å². The van der Waals surface area contributed by atoms with E-state index in [4.69, 9.17) is 10.2 Å². The first kappa shape index (κ1) is 17.9. The van der Waals surface area contributed by atoms with Gasteiger partial charge in [-0.1, -0.05) is 13.0 Å². The zero-order chi connectivity index (χ0) is 19.5. The lowest BCUT2D eigenvalue weighted by atomic mass is 9.93. The molecule has 3 aromatic rings. The Bertz CT molecular complexity index is 1040. The van der Waals surface area contributed by atoms with Crippen LogP contribution in [0.1, 0.15) is 19.8 Å². The van der Waals surface area contributed by atoms with Crippen LogP contribution in [0.5, 0.6) is 0 Å². The second-order valence-corrected chi connectivity index (χ2v) is 7.07. The number of anilines is 1. The number of pyridine rings is 1. The van der Waals surface area contributed by atoms with E-state index in [0.29, 0.717) is 24.8 Å². The molecule has 28 heavy (non-hydrogen) atoms. The normalized spacial score (nSPS) is 19.4. The van der Waals surface area contributed by atoms with E-state index < -0.39 is 0 Å². The van der Waals surface area contributed by atoms with Gasteiger partial charge in [0.1, 0.15) is 12.2 Å². The summed E-state index contributed by atoms with van der Waals surface area (Å²) in [5.74, 6) is 0.931. The third kappa shape index (κ3) is 3.51. The van der Waals surface area contributed by atoms with Crippen molar-refractivity contribution in [2.45, 2.75) is 25.8 Å². The van der Waals surface area contributed by atoms with Gasteiger partial charge in [-0.3, -0.25) is 9.78 Å². The lowest BCUT2D eigenvalue weighted by molar-refractivity contribution is -0.131. The summed E-state index contributed by atoms with van der Waals surface area (Å²) in [6.45, 7) is 3.41. The number of hydrogen-bond donors (Lipinski definition) is 1. The van der Waals surface area contributed by atoms with Gasteiger partial charge in [-0.25, -0.2) is 9.50 Å². The summed E-state index contributed by atoms with van der Waals surface area (Å²) in [6.07, 6.45) is 7.90. The third-order valence-electron chi connectivity index (χ3n) is 5.21. The van der Waals surface area contributed by atoms with Gasteiger partial charge >= 0.3 is 0 Å². The average Bonchev–Trinajstić information content (AvgIpc) is 3.14. The molecule has 1 saturated heterocycles.